The maximum absolute atomic E-state index is 11.5. The summed E-state index contributed by atoms with van der Waals surface area (Å²) in [5.41, 5.74) is -0.536. The van der Waals surface area contributed by atoms with Crippen molar-refractivity contribution >= 4 is 11.2 Å². The van der Waals surface area contributed by atoms with E-state index in [4.69, 9.17) is 4.74 Å². The molecular weight excluding hydrogens is 226 g/mol. The van der Waals surface area contributed by atoms with E-state index in [-0.39, 0.29) is 17.3 Å². The summed E-state index contributed by atoms with van der Waals surface area (Å²) < 4.78 is 5.50. The number of hydrogen-bond acceptors (Lipinski definition) is 5. The Labute approximate surface area is 94.4 Å². The standard InChI is InChI=1S/C9H11N5O3/c15-8-5-7(13-9(16)14-8)12-6(11-5)4-3-10-1-2-17-4/h4,10H,1-3H2,(H3,11,12,13,14,15,16). The molecule has 2 aromatic rings. The van der Waals surface area contributed by atoms with Crippen LogP contribution < -0.4 is 16.6 Å². The van der Waals surface area contributed by atoms with Crippen molar-refractivity contribution in [3.05, 3.63) is 26.7 Å². The number of nitrogens with one attached hydrogen (secondary N) is 4. The van der Waals surface area contributed by atoms with Gasteiger partial charge in [-0.3, -0.25) is 14.8 Å². The number of hydrogen-bond donors (Lipinski definition) is 4. The lowest BCUT2D eigenvalue weighted by atomic mass is 10.3. The van der Waals surface area contributed by atoms with Gasteiger partial charge in [-0.05, 0) is 0 Å². The molecular formula is C9H11N5O3. The first kappa shape index (κ1) is 10.2. The van der Waals surface area contributed by atoms with Crippen LogP contribution in [0.2, 0.25) is 0 Å². The van der Waals surface area contributed by atoms with Crippen molar-refractivity contribution in [2.45, 2.75) is 6.10 Å². The van der Waals surface area contributed by atoms with E-state index in [1.54, 1.807) is 0 Å². The molecule has 17 heavy (non-hydrogen) atoms. The van der Waals surface area contributed by atoms with E-state index in [1.165, 1.54) is 0 Å². The van der Waals surface area contributed by atoms with Crippen molar-refractivity contribution in [1.82, 2.24) is 25.3 Å². The Kier molecular flexibility index (Phi) is 2.30. The zero-order valence-electron chi connectivity index (χ0n) is 8.87. The van der Waals surface area contributed by atoms with Gasteiger partial charge in [-0.1, -0.05) is 0 Å². The van der Waals surface area contributed by atoms with Crippen LogP contribution in [0.3, 0.4) is 0 Å². The van der Waals surface area contributed by atoms with Crippen molar-refractivity contribution in [2.75, 3.05) is 19.7 Å². The second-order valence-electron chi connectivity index (χ2n) is 3.82. The molecule has 1 fully saturated rings. The van der Waals surface area contributed by atoms with Gasteiger partial charge in [-0.2, -0.15) is 0 Å². The number of ether oxygens (including phenoxy) is 1. The lowest BCUT2D eigenvalue weighted by Crippen LogP contribution is -2.33. The molecule has 1 saturated heterocycles. The molecule has 1 aliphatic heterocycles. The van der Waals surface area contributed by atoms with E-state index in [1.807, 2.05) is 0 Å². The van der Waals surface area contributed by atoms with Crippen molar-refractivity contribution in [3.63, 3.8) is 0 Å². The van der Waals surface area contributed by atoms with E-state index in [2.05, 4.69) is 25.3 Å². The highest BCUT2D eigenvalue weighted by Gasteiger charge is 2.20. The Morgan fingerprint density at radius 3 is 2.88 bits per heavy atom. The van der Waals surface area contributed by atoms with Gasteiger partial charge in [-0.25, -0.2) is 9.78 Å². The molecule has 8 heteroatoms. The van der Waals surface area contributed by atoms with Gasteiger partial charge in [0.1, 0.15) is 17.4 Å². The van der Waals surface area contributed by atoms with E-state index in [9.17, 15) is 9.59 Å². The molecule has 2 aromatic heterocycles. The Balaban J connectivity index is 2.09. The van der Waals surface area contributed by atoms with Crippen molar-refractivity contribution < 1.29 is 4.74 Å². The number of nitrogens with zero attached hydrogens (tertiary/aromatic N) is 1. The summed E-state index contributed by atoms with van der Waals surface area (Å²) in [7, 11) is 0. The lowest BCUT2D eigenvalue weighted by molar-refractivity contribution is 0.0228. The summed E-state index contributed by atoms with van der Waals surface area (Å²) in [6.07, 6.45) is -0.223. The predicted octanol–water partition coefficient (Wildman–Crippen LogP) is -1.40. The summed E-state index contributed by atoms with van der Waals surface area (Å²) in [6, 6.07) is 0. The van der Waals surface area contributed by atoms with Gasteiger partial charge in [0.15, 0.2) is 5.65 Å². The maximum Gasteiger partial charge on any atom is 0.327 e. The first-order valence-electron chi connectivity index (χ1n) is 5.28. The number of aromatic amines is 3. The number of rotatable bonds is 1. The number of H-pyrrole nitrogens is 3. The highest BCUT2D eigenvalue weighted by Crippen LogP contribution is 2.16. The summed E-state index contributed by atoms with van der Waals surface area (Å²) in [5.74, 6) is 0.541. The second-order valence-corrected chi connectivity index (χ2v) is 3.82. The average molecular weight is 237 g/mol. The highest BCUT2D eigenvalue weighted by atomic mass is 16.5. The number of imidazole rings is 1. The van der Waals surface area contributed by atoms with Gasteiger partial charge in [0, 0.05) is 13.1 Å². The first-order valence-corrected chi connectivity index (χ1v) is 5.28. The smallest absolute Gasteiger partial charge is 0.327 e. The SMILES string of the molecule is O=c1[nH]c(=O)c2[nH]c(C3CNCCO3)nc2[nH]1. The van der Waals surface area contributed by atoms with Crippen LogP contribution in [0.25, 0.3) is 11.2 Å². The van der Waals surface area contributed by atoms with Crippen LogP contribution in [-0.4, -0.2) is 39.6 Å². The van der Waals surface area contributed by atoms with Crippen LogP contribution >= 0.6 is 0 Å². The Bertz CT molecular complexity index is 648. The quantitative estimate of drug-likeness (QED) is 0.487. The molecule has 0 bridgehead atoms. The summed E-state index contributed by atoms with van der Waals surface area (Å²) in [4.78, 5) is 34.2. The fourth-order valence-corrected chi connectivity index (χ4v) is 1.84. The van der Waals surface area contributed by atoms with E-state index in [0.29, 0.717) is 19.0 Å². The third-order valence-electron chi connectivity index (χ3n) is 2.64. The van der Waals surface area contributed by atoms with Gasteiger partial charge >= 0.3 is 5.69 Å². The molecule has 90 valence electrons. The molecule has 0 spiro atoms. The second kappa shape index (κ2) is 3.82. The third-order valence-corrected chi connectivity index (χ3v) is 2.64. The minimum Gasteiger partial charge on any atom is -0.368 e. The molecule has 3 heterocycles. The van der Waals surface area contributed by atoms with Gasteiger partial charge in [0.25, 0.3) is 5.56 Å². The maximum atomic E-state index is 11.5. The average Bonchev–Trinajstić information content (AvgIpc) is 2.74. The Morgan fingerprint density at radius 2 is 2.12 bits per heavy atom. The molecule has 1 atom stereocenters. The fourth-order valence-electron chi connectivity index (χ4n) is 1.84. The third kappa shape index (κ3) is 1.77. The number of fused-ring (bicyclic) bond motifs is 1. The zero-order valence-corrected chi connectivity index (χ0v) is 8.87. The van der Waals surface area contributed by atoms with Crippen LogP contribution in [0, 0.1) is 0 Å². The number of morpholine rings is 1. The lowest BCUT2D eigenvalue weighted by Gasteiger charge is -2.21. The topological polar surface area (TPSA) is 116 Å². The van der Waals surface area contributed by atoms with Gasteiger partial charge < -0.3 is 15.0 Å². The molecule has 0 aliphatic carbocycles. The number of aromatic nitrogens is 4. The van der Waals surface area contributed by atoms with Gasteiger partial charge in [0.2, 0.25) is 0 Å². The fraction of sp³-hybridized carbons (Fsp3) is 0.444. The van der Waals surface area contributed by atoms with Gasteiger partial charge in [0.05, 0.1) is 6.61 Å². The molecule has 0 aromatic carbocycles. The monoisotopic (exact) mass is 237 g/mol. The normalized spacial score (nSPS) is 20.8. The van der Waals surface area contributed by atoms with Crippen LogP contribution in [0.5, 0.6) is 0 Å². The Hall–Kier alpha value is -1.93. The molecule has 0 radical (unpaired) electrons. The molecule has 1 unspecified atom stereocenters. The summed E-state index contributed by atoms with van der Waals surface area (Å²) >= 11 is 0. The molecule has 1 aliphatic rings. The van der Waals surface area contributed by atoms with Crippen LogP contribution in [0.1, 0.15) is 11.9 Å². The van der Waals surface area contributed by atoms with Crippen molar-refractivity contribution in [3.8, 4) is 0 Å². The molecule has 8 nitrogen and oxygen atoms in total. The predicted molar refractivity (Wildman–Crippen MR) is 58.9 cm³/mol. The molecule has 0 amide bonds. The minimum absolute atomic E-state index is 0.223. The van der Waals surface area contributed by atoms with E-state index >= 15 is 0 Å². The zero-order chi connectivity index (χ0) is 11.8. The Morgan fingerprint density at radius 1 is 1.24 bits per heavy atom. The largest absolute Gasteiger partial charge is 0.368 e. The van der Waals surface area contributed by atoms with E-state index < -0.39 is 11.2 Å². The molecule has 0 saturated carbocycles. The minimum atomic E-state index is -0.566. The first-order chi connectivity index (χ1) is 8.24. The van der Waals surface area contributed by atoms with Crippen LogP contribution in [-0.2, 0) is 4.74 Å². The van der Waals surface area contributed by atoms with Crippen LogP contribution in [0.15, 0.2) is 9.59 Å². The van der Waals surface area contributed by atoms with Crippen molar-refractivity contribution in [2.24, 2.45) is 0 Å². The molecule has 4 N–H and O–H groups in total. The van der Waals surface area contributed by atoms with Gasteiger partial charge in [-0.15, -0.1) is 0 Å². The van der Waals surface area contributed by atoms with Crippen molar-refractivity contribution in [1.29, 1.82) is 0 Å². The summed E-state index contributed by atoms with van der Waals surface area (Å²) in [6.45, 7) is 2.02. The van der Waals surface area contributed by atoms with E-state index in [0.717, 1.165) is 6.54 Å². The molecule has 3 rings (SSSR count). The summed E-state index contributed by atoms with van der Waals surface area (Å²) in [5, 5.41) is 3.16. The van der Waals surface area contributed by atoms with Crippen LogP contribution in [0.4, 0.5) is 0 Å². The highest BCUT2D eigenvalue weighted by molar-refractivity contribution is 5.68.